The quantitative estimate of drug-likeness (QED) is 0.708. The van der Waals surface area contributed by atoms with Crippen LogP contribution in [0.4, 0.5) is 0 Å². The van der Waals surface area contributed by atoms with Gasteiger partial charge in [-0.05, 0) is 29.3 Å². The Morgan fingerprint density at radius 2 is 1.93 bits per heavy atom. The van der Waals surface area contributed by atoms with Crippen LogP contribution in [0.2, 0.25) is 5.02 Å². The number of hydrogen-bond donors (Lipinski definition) is 0. The van der Waals surface area contributed by atoms with Crippen molar-refractivity contribution in [3.05, 3.63) is 59.1 Å². The number of nitrogens with zero attached hydrogens (tertiary/aromatic N) is 1. The molecule has 15 heavy (non-hydrogen) atoms. The molecule has 71 valence electrons. The van der Waals surface area contributed by atoms with E-state index in [4.69, 9.17) is 16.9 Å². The zero-order chi connectivity index (χ0) is 10.7. The third kappa shape index (κ3) is 2.18. The second-order valence-corrected chi connectivity index (χ2v) is 3.53. The first-order valence-corrected chi connectivity index (χ1v) is 4.85. The van der Waals surface area contributed by atoms with E-state index in [0.29, 0.717) is 10.6 Å². The molecule has 0 saturated heterocycles. The molecule has 0 aliphatic rings. The van der Waals surface area contributed by atoms with Crippen LogP contribution < -0.4 is 0 Å². The Labute approximate surface area is 93.5 Å². The fourth-order valence-corrected chi connectivity index (χ4v) is 1.57. The maximum atomic E-state index is 8.78. The van der Waals surface area contributed by atoms with Crippen LogP contribution in [0.25, 0.3) is 11.1 Å². The van der Waals surface area contributed by atoms with Gasteiger partial charge in [-0.15, -0.1) is 0 Å². The van der Waals surface area contributed by atoms with Crippen molar-refractivity contribution < 1.29 is 0 Å². The van der Waals surface area contributed by atoms with Gasteiger partial charge < -0.3 is 0 Å². The number of rotatable bonds is 1. The minimum atomic E-state index is 0.579. The fraction of sp³-hybridized carbons (Fsp3) is 0. The van der Waals surface area contributed by atoms with Gasteiger partial charge in [0.05, 0.1) is 11.6 Å². The van der Waals surface area contributed by atoms with Gasteiger partial charge in [-0.3, -0.25) is 0 Å². The Morgan fingerprint density at radius 1 is 1.13 bits per heavy atom. The van der Waals surface area contributed by atoms with Gasteiger partial charge in [0.2, 0.25) is 0 Å². The van der Waals surface area contributed by atoms with Crippen LogP contribution in [-0.2, 0) is 0 Å². The van der Waals surface area contributed by atoms with Crippen molar-refractivity contribution >= 4 is 11.6 Å². The molecule has 2 aromatic carbocycles. The third-order valence-electron chi connectivity index (χ3n) is 2.09. The smallest absolute Gasteiger partial charge is 0.0991 e. The number of benzene rings is 2. The molecule has 0 aliphatic carbocycles. The first-order chi connectivity index (χ1) is 7.29. The molecule has 0 aliphatic heterocycles. The van der Waals surface area contributed by atoms with E-state index in [1.165, 1.54) is 0 Å². The summed E-state index contributed by atoms with van der Waals surface area (Å²) in [5.41, 5.74) is 2.64. The first-order valence-electron chi connectivity index (χ1n) is 4.47. The molecule has 0 unspecified atom stereocenters. The highest BCUT2D eigenvalue weighted by Gasteiger charge is 1.99. The molecule has 0 aromatic heterocycles. The highest BCUT2D eigenvalue weighted by atomic mass is 35.5. The molecule has 2 heteroatoms. The average molecular weight is 213 g/mol. The van der Waals surface area contributed by atoms with Gasteiger partial charge in [-0.2, -0.15) is 5.26 Å². The molecule has 0 saturated carbocycles. The van der Waals surface area contributed by atoms with Gasteiger partial charge in [-0.25, -0.2) is 0 Å². The highest BCUT2D eigenvalue weighted by Crippen LogP contribution is 2.22. The van der Waals surface area contributed by atoms with Crippen LogP contribution in [0.5, 0.6) is 0 Å². The molecule has 0 N–H and O–H groups in total. The summed E-state index contributed by atoms with van der Waals surface area (Å²) in [5.74, 6) is 0. The summed E-state index contributed by atoms with van der Waals surface area (Å²) in [5, 5.41) is 9.36. The number of halogens is 1. The van der Waals surface area contributed by atoms with Crippen LogP contribution in [0.1, 0.15) is 5.56 Å². The molecule has 1 nitrogen and oxygen atoms in total. The van der Waals surface area contributed by atoms with Gasteiger partial charge in [0, 0.05) is 11.1 Å². The first kappa shape index (κ1) is 9.76. The Morgan fingerprint density at radius 3 is 2.67 bits per heavy atom. The summed E-state index contributed by atoms with van der Waals surface area (Å²) in [6.45, 7) is 0. The number of hydrogen-bond acceptors (Lipinski definition) is 1. The second-order valence-electron chi connectivity index (χ2n) is 3.12. The average Bonchev–Trinajstić information content (AvgIpc) is 2.29. The minimum absolute atomic E-state index is 0.579. The summed E-state index contributed by atoms with van der Waals surface area (Å²) in [4.78, 5) is 0. The topological polar surface area (TPSA) is 23.8 Å². The molecule has 1 radical (unpaired) electrons. The lowest BCUT2D eigenvalue weighted by molar-refractivity contribution is 1.48. The van der Waals surface area contributed by atoms with Crippen molar-refractivity contribution in [1.82, 2.24) is 0 Å². The predicted octanol–water partition coefficient (Wildman–Crippen LogP) is 3.68. The maximum absolute atomic E-state index is 8.78. The zero-order valence-corrected chi connectivity index (χ0v) is 8.62. The van der Waals surface area contributed by atoms with E-state index in [1.807, 2.05) is 30.3 Å². The van der Waals surface area contributed by atoms with E-state index in [-0.39, 0.29) is 0 Å². The van der Waals surface area contributed by atoms with Gasteiger partial charge in [0.1, 0.15) is 0 Å². The Bertz CT molecular complexity index is 526. The van der Waals surface area contributed by atoms with Gasteiger partial charge in [0.15, 0.2) is 0 Å². The third-order valence-corrected chi connectivity index (χ3v) is 2.31. The van der Waals surface area contributed by atoms with Crippen LogP contribution in [0, 0.1) is 17.4 Å². The van der Waals surface area contributed by atoms with Crippen molar-refractivity contribution in [2.24, 2.45) is 0 Å². The molecule has 2 rings (SSSR count). The lowest BCUT2D eigenvalue weighted by Crippen LogP contribution is -1.79. The summed E-state index contributed by atoms with van der Waals surface area (Å²) in [7, 11) is 0. The molecule has 0 bridgehead atoms. The van der Waals surface area contributed by atoms with E-state index in [1.54, 1.807) is 12.1 Å². The lowest BCUT2D eigenvalue weighted by Gasteiger charge is -2.01. The van der Waals surface area contributed by atoms with E-state index in [0.717, 1.165) is 11.1 Å². The molecule has 0 fully saturated rings. The van der Waals surface area contributed by atoms with Crippen molar-refractivity contribution in [1.29, 1.82) is 5.26 Å². The summed E-state index contributed by atoms with van der Waals surface area (Å²) >= 11 is 5.85. The largest absolute Gasteiger partial charge is 0.192 e. The Kier molecular flexibility index (Phi) is 2.71. The second kappa shape index (κ2) is 4.16. The molecule has 0 spiro atoms. The normalized spacial score (nSPS) is 9.60. The number of nitriles is 1. The van der Waals surface area contributed by atoms with E-state index < -0.39 is 0 Å². The minimum Gasteiger partial charge on any atom is -0.192 e. The molecule has 2 aromatic rings. The van der Waals surface area contributed by atoms with Crippen molar-refractivity contribution in [3.63, 3.8) is 0 Å². The summed E-state index contributed by atoms with van der Waals surface area (Å²) in [6, 6.07) is 17.9. The molecular weight excluding hydrogens is 206 g/mol. The van der Waals surface area contributed by atoms with Crippen LogP contribution in [0.15, 0.2) is 42.5 Å². The predicted molar refractivity (Wildman–Crippen MR) is 60.4 cm³/mol. The zero-order valence-electron chi connectivity index (χ0n) is 7.87. The van der Waals surface area contributed by atoms with Crippen LogP contribution in [-0.4, -0.2) is 0 Å². The van der Waals surface area contributed by atoms with Crippen LogP contribution >= 0.6 is 11.6 Å². The van der Waals surface area contributed by atoms with Crippen molar-refractivity contribution in [2.45, 2.75) is 0 Å². The Balaban J connectivity index is 2.50. The molecular formula is C13H7ClN. The fourth-order valence-electron chi connectivity index (χ4n) is 1.39. The van der Waals surface area contributed by atoms with Gasteiger partial charge >= 0.3 is 0 Å². The molecule has 0 atom stereocenters. The van der Waals surface area contributed by atoms with Gasteiger partial charge in [0.25, 0.3) is 0 Å². The van der Waals surface area contributed by atoms with E-state index >= 15 is 0 Å². The van der Waals surface area contributed by atoms with E-state index in [9.17, 15) is 0 Å². The molecule has 0 amide bonds. The standard InChI is InChI=1S/C13H7ClN/c14-13-6-2-5-12(8-13)11-4-1-3-10(7-11)9-15/h1-5,7-8H. The Hall–Kier alpha value is -1.78. The van der Waals surface area contributed by atoms with Crippen LogP contribution in [0.3, 0.4) is 0 Å². The maximum Gasteiger partial charge on any atom is 0.0991 e. The lowest BCUT2D eigenvalue weighted by atomic mass is 10.0. The highest BCUT2D eigenvalue weighted by molar-refractivity contribution is 6.30. The van der Waals surface area contributed by atoms with E-state index in [2.05, 4.69) is 12.1 Å². The SMILES string of the molecule is N#Cc1cccc(-c2cc[c]c(Cl)c2)c1. The monoisotopic (exact) mass is 212 g/mol. The van der Waals surface area contributed by atoms with Gasteiger partial charge in [-0.1, -0.05) is 35.9 Å². The van der Waals surface area contributed by atoms with Crippen molar-refractivity contribution in [3.8, 4) is 17.2 Å². The summed E-state index contributed by atoms with van der Waals surface area (Å²) < 4.78 is 0. The molecule has 0 heterocycles. The summed E-state index contributed by atoms with van der Waals surface area (Å²) in [6.07, 6.45) is 0. The van der Waals surface area contributed by atoms with Crippen molar-refractivity contribution in [2.75, 3.05) is 0 Å².